The molecular formula is C16H26N2O2. The van der Waals surface area contributed by atoms with Crippen molar-refractivity contribution in [3.63, 3.8) is 0 Å². The lowest BCUT2D eigenvalue weighted by Gasteiger charge is -2.42. The minimum Gasteiger partial charge on any atom is -0.496 e. The number of ether oxygens (including phenoxy) is 2. The molecule has 2 N–H and O–H groups in total. The van der Waals surface area contributed by atoms with E-state index in [0.29, 0.717) is 12.5 Å². The molecule has 2 rings (SSSR count). The zero-order valence-corrected chi connectivity index (χ0v) is 12.8. The van der Waals surface area contributed by atoms with Crippen molar-refractivity contribution in [2.75, 3.05) is 33.9 Å². The highest BCUT2D eigenvalue weighted by atomic mass is 16.5. The second-order valence-corrected chi connectivity index (χ2v) is 5.79. The molecule has 0 spiro atoms. The van der Waals surface area contributed by atoms with Crippen LogP contribution in [-0.4, -0.2) is 44.4 Å². The van der Waals surface area contributed by atoms with Crippen molar-refractivity contribution in [3.05, 3.63) is 29.8 Å². The number of methoxy groups -OCH3 is 1. The molecule has 4 nitrogen and oxygen atoms in total. The summed E-state index contributed by atoms with van der Waals surface area (Å²) in [6, 6.07) is 8.15. The molecule has 0 aromatic heterocycles. The largest absolute Gasteiger partial charge is 0.496 e. The van der Waals surface area contributed by atoms with Crippen molar-refractivity contribution in [1.82, 2.24) is 4.90 Å². The highest BCUT2D eigenvalue weighted by Gasteiger charge is 2.39. The van der Waals surface area contributed by atoms with E-state index in [0.717, 1.165) is 31.9 Å². The molecule has 1 fully saturated rings. The number of nitrogens with two attached hydrogens (primary N) is 1. The molecule has 2 atom stereocenters. The molecule has 1 aliphatic heterocycles. The lowest BCUT2D eigenvalue weighted by atomic mass is 9.83. The predicted molar refractivity (Wildman–Crippen MR) is 80.8 cm³/mol. The van der Waals surface area contributed by atoms with Crippen LogP contribution in [0.1, 0.15) is 18.9 Å². The molecule has 0 saturated carbocycles. The van der Waals surface area contributed by atoms with E-state index in [1.54, 1.807) is 7.11 Å². The second kappa shape index (κ2) is 6.57. The smallest absolute Gasteiger partial charge is 0.123 e. The zero-order chi connectivity index (χ0) is 14.6. The first-order chi connectivity index (χ1) is 9.61. The minimum atomic E-state index is -0.0443. The Morgan fingerprint density at radius 3 is 2.80 bits per heavy atom. The van der Waals surface area contributed by atoms with Gasteiger partial charge in [-0.05, 0) is 26.5 Å². The van der Waals surface area contributed by atoms with Crippen molar-refractivity contribution in [1.29, 1.82) is 0 Å². The van der Waals surface area contributed by atoms with Gasteiger partial charge in [-0.15, -0.1) is 0 Å². The molecule has 1 aromatic carbocycles. The fourth-order valence-corrected chi connectivity index (χ4v) is 2.93. The van der Waals surface area contributed by atoms with Gasteiger partial charge in [-0.2, -0.15) is 0 Å². The predicted octanol–water partition coefficient (Wildman–Crippen LogP) is 1.88. The molecule has 20 heavy (non-hydrogen) atoms. The van der Waals surface area contributed by atoms with Crippen LogP contribution in [0.3, 0.4) is 0 Å². The number of hydrogen-bond donors (Lipinski definition) is 1. The monoisotopic (exact) mass is 278 g/mol. The summed E-state index contributed by atoms with van der Waals surface area (Å²) in [6.45, 7) is 5.36. The van der Waals surface area contributed by atoms with E-state index in [-0.39, 0.29) is 5.54 Å². The molecule has 1 heterocycles. The summed E-state index contributed by atoms with van der Waals surface area (Å²) in [5.41, 5.74) is 7.23. The molecule has 1 saturated heterocycles. The maximum Gasteiger partial charge on any atom is 0.123 e. The first-order valence-corrected chi connectivity index (χ1v) is 7.22. The summed E-state index contributed by atoms with van der Waals surface area (Å²) >= 11 is 0. The first-order valence-electron chi connectivity index (χ1n) is 7.22. The van der Waals surface area contributed by atoms with Crippen LogP contribution in [0.5, 0.6) is 5.75 Å². The first kappa shape index (κ1) is 15.3. The summed E-state index contributed by atoms with van der Waals surface area (Å²) in [7, 11) is 3.85. The third-order valence-corrected chi connectivity index (χ3v) is 4.69. The Morgan fingerprint density at radius 1 is 1.45 bits per heavy atom. The summed E-state index contributed by atoms with van der Waals surface area (Å²) < 4.78 is 11.0. The van der Waals surface area contributed by atoms with Crippen LogP contribution in [0.2, 0.25) is 0 Å². The van der Waals surface area contributed by atoms with E-state index >= 15 is 0 Å². The van der Waals surface area contributed by atoms with E-state index < -0.39 is 0 Å². The molecule has 0 aliphatic carbocycles. The fraction of sp³-hybridized carbons (Fsp3) is 0.625. The van der Waals surface area contributed by atoms with Crippen molar-refractivity contribution >= 4 is 0 Å². The van der Waals surface area contributed by atoms with Gasteiger partial charge in [0, 0.05) is 36.7 Å². The zero-order valence-electron chi connectivity index (χ0n) is 12.8. The molecule has 4 heteroatoms. The summed E-state index contributed by atoms with van der Waals surface area (Å²) in [6.07, 6.45) is 1.09. The quantitative estimate of drug-likeness (QED) is 0.863. The van der Waals surface area contributed by atoms with Gasteiger partial charge in [-0.25, -0.2) is 0 Å². The van der Waals surface area contributed by atoms with E-state index in [2.05, 4.69) is 24.9 Å². The SMILES string of the molecule is COc1ccccc1CN(C)C(C)(CN)C1CCOC1. The molecule has 1 aromatic rings. The normalized spacial score (nSPS) is 21.9. The van der Waals surface area contributed by atoms with Crippen LogP contribution >= 0.6 is 0 Å². The Morgan fingerprint density at radius 2 is 2.20 bits per heavy atom. The van der Waals surface area contributed by atoms with Crippen molar-refractivity contribution in [3.8, 4) is 5.75 Å². The Bertz CT molecular complexity index is 432. The van der Waals surface area contributed by atoms with Crippen molar-refractivity contribution in [2.45, 2.75) is 25.4 Å². The van der Waals surface area contributed by atoms with Gasteiger partial charge in [0.05, 0.1) is 13.7 Å². The molecular weight excluding hydrogens is 252 g/mol. The van der Waals surface area contributed by atoms with Gasteiger partial charge in [0.2, 0.25) is 0 Å². The number of likely N-dealkylation sites (N-methyl/N-ethyl adjacent to an activating group) is 1. The van der Waals surface area contributed by atoms with Gasteiger partial charge in [-0.3, -0.25) is 4.90 Å². The average Bonchev–Trinajstić information content (AvgIpc) is 3.01. The van der Waals surface area contributed by atoms with E-state index in [1.807, 2.05) is 18.2 Å². The Labute approximate surface area is 121 Å². The van der Waals surface area contributed by atoms with Crippen LogP contribution in [0.15, 0.2) is 24.3 Å². The van der Waals surface area contributed by atoms with Gasteiger partial charge in [0.1, 0.15) is 5.75 Å². The lowest BCUT2D eigenvalue weighted by Crippen LogP contribution is -2.54. The maximum atomic E-state index is 6.08. The fourth-order valence-electron chi connectivity index (χ4n) is 2.93. The second-order valence-electron chi connectivity index (χ2n) is 5.79. The van der Waals surface area contributed by atoms with Crippen LogP contribution in [0, 0.1) is 5.92 Å². The summed E-state index contributed by atoms with van der Waals surface area (Å²) in [5.74, 6) is 1.42. The number of benzene rings is 1. The van der Waals surface area contributed by atoms with E-state index in [9.17, 15) is 0 Å². The third-order valence-electron chi connectivity index (χ3n) is 4.69. The van der Waals surface area contributed by atoms with Crippen molar-refractivity contribution < 1.29 is 9.47 Å². The standard InChI is InChI=1S/C16H26N2O2/c1-16(12-17,14-8-9-20-11-14)18(2)10-13-6-4-5-7-15(13)19-3/h4-7,14H,8-12,17H2,1-3H3. The lowest BCUT2D eigenvalue weighted by molar-refractivity contribution is 0.0604. The Balaban J connectivity index is 2.14. The average molecular weight is 278 g/mol. The molecule has 1 aliphatic rings. The van der Waals surface area contributed by atoms with Crippen LogP contribution < -0.4 is 10.5 Å². The topological polar surface area (TPSA) is 47.7 Å². The Kier molecular flexibility index (Phi) is 5.02. The number of rotatable bonds is 6. The van der Waals surface area contributed by atoms with Crippen LogP contribution in [0.25, 0.3) is 0 Å². The number of hydrogen-bond acceptors (Lipinski definition) is 4. The van der Waals surface area contributed by atoms with Gasteiger partial charge in [0.15, 0.2) is 0 Å². The molecule has 0 bridgehead atoms. The number of nitrogens with zero attached hydrogens (tertiary/aromatic N) is 1. The van der Waals surface area contributed by atoms with Gasteiger partial charge in [-0.1, -0.05) is 18.2 Å². The summed E-state index contributed by atoms with van der Waals surface area (Å²) in [5, 5.41) is 0. The highest BCUT2D eigenvalue weighted by molar-refractivity contribution is 5.33. The Hall–Kier alpha value is -1.10. The molecule has 112 valence electrons. The van der Waals surface area contributed by atoms with E-state index in [4.69, 9.17) is 15.2 Å². The number of para-hydroxylation sites is 1. The van der Waals surface area contributed by atoms with Gasteiger partial charge < -0.3 is 15.2 Å². The van der Waals surface area contributed by atoms with Crippen molar-refractivity contribution in [2.24, 2.45) is 11.7 Å². The third kappa shape index (κ3) is 2.97. The minimum absolute atomic E-state index is 0.0443. The maximum absolute atomic E-state index is 6.08. The molecule has 2 unspecified atom stereocenters. The van der Waals surface area contributed by atoms with E-state index in [1.165, 1.54) is 5.56 Å². The van der Waals surface area contributed by atoms with Crippen LogP contribution in [-0.2, 0) is 11.3 Å². The van der Waals surface area contributed by atoms with Gasteiger partial charge >= 0.3 is 0 Å². The summed E-state index contributed by atoms with van der Waals surface area (Å²) in [4.78, 5) is 2.34. The van der Waals surface area contributed by atoms with Gasteiger partial charge in [0.25, 0.3) is 0 Å². The molecule has 0 radical (unpaired) electrons. The van der Waals surface area contributed by atoms with Crippen LogP contribution in [0.4, 0.5) is 0 Å². The highest BCUT2D eigenvalue weighted by Crippen LogP contribution is 2.32. The molecule has 0 amide bonds.